The van der Waals surface area contributed by atoms with E-state index in [0.717, 1.165) is 10.9 Å². The second-order valence-electron chi connectivity index (χ2n) is 7.43. The van der Waals surface area contributed by atoms with Crippen molar-refractivity contribution in [2.75, 3.05) is 0 Å². The van der Waals surface area contributed by atoms with Crippen molar-refractivity contribution in [3.05, 3.63) is 98.4 Å². The molecule has 170 valence electrons. The highest BCUT2D eigenvalue weighted by Gasteiger charge is 2.17. The van der Waals surface area contributed by atoms with Crippen molar-refractivity contribution < 1.29 is 9.32 Å². The molecule has 0 aliphatic rings. The van der Waals surface area contributed by atoms with Gasteiger partial charge in [-0.1, -0.05) is 40.5 Å². The first kappa shape index (κ1) is 21.9. The Morgan fingerprint density at radius 3 is 2.79 bits per heavy atom. The van der Waals surface area contributed by atoms with Crippen LogP contribution in [0.1, 0.15) is 21.7 Å². The lowest BCUT2D eigenvalue weighted by atomic mass is 10.2. The van der Waals surface area contributed by atoms with Gasteiger partial charge in [-0.2, -0.15) is 4.98 Å². The molecule has 0 bridgehead atoms. The first-order valence-electron chi connectivity index (χ1n) is 10.2. The molecule has 0 saturated carbocycles. The van der Waals surface area contributed by atoms with Crippen molar-refractivity contribution >= 4 is 40.1 Å². The molecule has 34 heavy (non-hydrogen) atoms. The molecule has 0 radical (unpaired) electrons. The fourth-order valence-corrected chi connectivity index (χ4v) is 3.84. The number of nitrogens with one attached hydrogen (secondary N) is 2. The molecule has 11 heteroatoms. The molecule has 5 rings (SSSR count). The van der Waals surface area contributed by atoms with E-state index in [4.69, 9.17) is 27.7 Å². The minimum atomic E-state index is -0.597. The highest BCUT2D eigenvalue weighted by atomic mass is 35.5. The average Bonchev–Trinajstić information content (AvgIpc) is 3.48. The molecule has 0 spiro atoms. The third-order valence-electron chi connectivity index (χ3n) is 5.12. The molecular weight excluding hydrogens is 479 g/mol. The number of hydrogen-bond acceptors (Lipinski definition) is 6. The largest absolute Gasteiger partial charge is 0.345 e. The maximum atomic E-state index is 12.9. The van der Waals surface area contributed by atoms with Crippen LogP contribution in [0.3, 0.4) is 0 Å². The van der Waals surface area contributed by atoms with Gasteiger partial charge < -0.3 is 19.4 Å². The van der Waals surface area contributed by atoms with E-state index in [0.29, 0.717) is 16.2 Å². The van der Waals surface area contributed by atoms with E-state index in [-0.39, 0.29) is 35.4 Å². The summed E-state index contributed by atoms with van der Waals surface area (Å²) >= 11 is 12.1. The Kier molecular flexibility index (Phi) is 5.87. The summed E-state index contributed by atoms with van der Waals surface area (Å²) in [7, 11) is 0. The Morgan fingerprint density at radius 2 is 1.97 bits per heavy atom. The molecule has 0 fully saturated rings. The van der Waals surface area contributed by atoms with E-state index in [1.54, 1.807) is 36.7 Å². The van der Waals surface area contributed by atoms with Gasteiger partial charge in [0.05, 0.1) is 23.7 Å². The molecular formula is C23H16Cl2N6O3. The summed E-state index contributed by atoms with van der Waals surface area (Å²) < 4.78 is 6.71. The molecule has 5 aromatic rings. The van der Waals surface area contributed by atoms with Gasteiger partial charge in [-0.3, -0.25) is 9.59 Å². The number of pyridine rings is 2. The number of fused-ring (bicyclic) bond motifs is 1. The van der Waals surface area contributed by atoms with Gasteiger partial charge in [0, 0.05) is 29.0 Å². The highest BCUT2D eigenvalue weighted by Crippen LogP contribution is 2.25. The maximum absolute atomic E-state index is 12.9. The van der Waals surface area contributed by atoms with E-state index >= 15 is 0 Å². The molecule has 2 N–H and O–H groups in total. The minimum absolute atomic E-state index is 0.0356. The zero-order valence-electron chi connectivity index (χ0n) is 17.5. The van der Waals surface area contributed by atoms with Gasteiger partial charge in [0.1, 0.15) is 11.2 Å². The zero-order valence-corrected chi connectivity index (χ0v) is 19.0. The summed E-state index contributed by atoms with van der Waals surface area (Å²) in [4.78, 5) is 37.2. The van der Waals surface area contributed by atoms with Gasteiger partial charge in [-0.25, -0.2) is 4.98 Å². The Morgan fingerprint density at radius 1 is 1.15 bits per heavy atom. The molecule has 0 saturated heterocycles. The number of halogens is 2. The van der Waals surface area contributed by atoms with Crippen molar-refractivity contribution in [3.8, 4) is 11.5 Å². The Hall–Kier alpha value is -3.95. The Balaban J connectivity index is 1.32. The van der Waals surface area contributed by atoms with Crippen LogP contribution in [0.5, 0.6) is 0 Å². The molecule has 0 aliphatic carbocycles. The number of benzene rings is 1. The minimum Gasteiger partial charge on any atom is -0.345 e. The molecule has 0 aliphatic heterocycles. The van der Waals surface area contributed by atoms with Crippen LogP contribution in [0.15, 0.2) is 70.4 Å². The van der Waals surface area contributed by atoms with E-state index in [1.807, 2.05) is 12.1 Å². The number of carbonyl (C=O) groups is 1. The van der Waals surface area contributed by atoms with Crippen LogP contribution < -0.4 is 10.9 Å². The van der Waals surface area contributed by atoms with Gasteiger partial charge in [0.25, 0.3) is 17.4 Å². The lowest BCUT2D eigenvalue weighted by Gasteiger charge is -2.10. The molecule has 0 atom stereocenters. The van der Waals surface area contributed by atoms with Crippen molar-refractivity contribution in [2.45, 2.75) is 13.1 Å². The topological polar surface area (TPSA) is 119 Å². The Bertz CT molecular complexity index is 1560. The van der Waals surface area contributed by atoms with Crippen molar-refractivity contribution in [2.24, 2.45) is 0 Å². The van der Waals surface area contributed by atoms with Crippen LogP contribution in [0.25, 0.3) is 22.5 Å². The average molecular weight is 495 g/mol. The predicted molar refractivity (Wildman–Crippen MR) is 127 cm³/mol. The van der Waals surface area contributed by atoms with Crippen molar-refractivity contribution in [1.29, 1.82) is 0 Å². The van der Waals surface area contributed by atoms with Crippen LogP contribution in [-0.2, 0) is 13.1 Å². The summed E-state index contributed by atoms with van der Waals surface area (Å²) in [5.41, 5.74) is 1.67. The normalized spacial score (nSPS) is 11.1. The number of rotatable bonds is 6. The number of hydrogen-bond donors (Lipinski definition) is 2. The second kappa shape index (κ2) is 9.12. The molecule has 1 amide bonds. The van der Waals surface area contributed by atoms with E-state index < -0.39 is 11.5 Å². The van der Waals surface area contributed by atoms with Crippen LogP contribution in [-0.4, -0.2) is 30.6 Å². The molecule has 1 aromatic carbocycles. The fourth-order valence-electron chi connectivity index (χ4n) is 3.49. The van der Waals surface area contributed by atoms with Gasteiger partial charge in [-0.15, -0.1) is 0 Å². The lowest BCUT2D eigenvalue weighted by molar-refractivity contribution is 0.0947. The van der Waals surface area contributed by atoms with Gasteiger partial charge >= 0.3 is 0 Å². The van der Waals surface area contributed by atoms with Crippen LogP contribution in [0.2, 0.25) is 10.0 Å². The molecule has 4 heterocycles. The summed E-state index contributed by atoms with van der Waals surface area (Å²) in [5.74, 6) is -0.0540. The summed E-state index contributed by atoms with van der Waals surface area (Å²) in [5, 5.41) is 8.24. The second-order valence-corrected chi connectivity index (χ2v) is 8.30. The summed E-state index contributed by atoms with van der Waals surface area (Å²) in [6, 6.07) is 12.1. The van der Waals surface area contributed by atoms with Crippen molar-refractivity contribution in [3.63, 3.8) is 0 Å². The third-order valence-corrected chi connectivity index (χ3v) is 5.58. The highest BCUT2D eigenvalue weighted by molar-refractivity contribution is 6.31. The smallest absolute Gasteiger partial charge is 0.263 e. The van der Waals surface area contributed by atoms with Gasteiger partial charge in [0.2, 0.25) is 0 Å². The first-order chi connectivity index (χ1) is 16.5. The fraction of sp³-hybridized carbons (Fsp3) is 0.0870. The maximum Gasteiger partial charge on any atom is 0.263 e. The number of carbonyl (C=O) groups excluding carboxylic acids is 1. The lowest BCUT2D eigenvalue weighted by Crippen LogP contribution is -2.33. The standard InChI is InChI=1S/C23H16Cl2N6O3/c24-14-5-3-13(4-6-14)11-31-12-15(25)8-17(23(31)33)21(32)28-10-19-29-22(34-30-19)18-9-27-20-16(18)2-1-7-26-20/h1-9,12H,10-11H2,(H,26,27)(H,28,32). The summed E-state index contributed by atoms with van der Waals surface area (Å²) in [6.45, 7) is 0.205. The predicted octanol–water partition coefficient (Wildman–Crippen LogP) is 4.06. The molecule has 4 aromatic heterocycles. The first-order valence-corrected chi connectivity index (χ1v) is 10.9. The third kappa shape index (κ3) is 4.43. The van der Waals surface area contributed by atoms with Crippen LogP contribution in [0.4, 0.5) is 0 Å². The quantitative estimate of drug-likeness (QED) is 0.367. The van der Waals surface area contributed by atoms with E-state index in [1.165, 1.54) is 16.8 Å². The van der Waals surface area contributed by atoms with Gasteiger partial charge in [-0.05, 0) is 35.9 Å². The number of aromatic nitrogens is 5. The van der Waals surface area contributed by atoms with E-state index in [9.17, 15) is 9.59 Å². The van der Waals surface area contributed by atoms with E-state index in [2.05, 4.69) is 25.4 Å². The number of amides is 1. The van der Waals surface area contributed by atoms with Crippen LogP contribution >= 0.6 is 23.2 Å². The monoisotopic (exact) mass is 494 g/mol. The zero-order chi connectivity index (χ0) is 23.7. The SMILES string of the molecule is O=C(NCc1noc(-c2c[nH]c3ncccc23)n1)c1cc(Cl)cn(Cc2ccc(Cl)cc2)c1=O. The van der Waals surface area contributed by atoms with Gasteiger partial charge in [0.15, 0.2) is 5.82 Å². The molecule has 9 nitrogen and oxygen atoms in total. The Labute approximate surface area is 202 Å². The number of nitrogens with zero attached hydrogens (tertiary/aromatic N) is 4. The molecule has 0 unspecified atom stereocenters. The van der Waals surface area contributed by atoms with Crippen LogP contribution in [0, 0.1) is 0 Å². The van der Waals surface area contributed by atoms with Crippen molar-refractivity contribution in [1.82, 2.24) is 30.0 Å². The summed E-state index contributed by atoms with van der Waals surface area (Å²) in [6.07, 6.45) is 4.89. The number of H-pyrrole nitrogens is 1. The number of aromatic amines is 1.